The molecule has 0 saturated heterocycles. The van der Waals surface area contributed by atoms with Gasteiger partial charge in [0.2, 0.25) is 0 Å². The van der Waals surface area contributed by atoms with Crippen LogP contribution < -0.4 is 4.90 Å². The molecule has 0 aliphatic heterocycles. The van der Waals surface area contributed by atoms with Gasteiger partial charge in [0, 0.05) is 17.1 Å². The van der Waals surface area contributed by atoms with E-state index in [9.17, 15) is 0 Å². The van der Waals surface area contributed by atoms with Gasteiger partial charge in [-0.3, -0.25) is 0 Å². The number of nitriles is 1. The number of hydrogen-bond acceptors (Lipinski definition) is 2. The van der Waals surface area contributed by atoms with Crippen LogP contribution in [0, 0.1) is 11.3 Å². The third kappa shape index (κ3) is 5.22. The number of nitrogens with zero attached hydrogens (tertiary/aromatic N) is 2. The first kappa shape index (κ1) is 19.7. The molecule has 0 atom stereocenters. The number of benzene rings is 4. The summed E-state index contributed by atoms with van der Waals surface area (Å²) < 4.78 is 0. The summed E-state index contributed by atoms with van der Waals surface area (Å²) in [5, 5.41) is 8.55. The van der Waals surface area contributed by atoms with E-state index in [4.69, 9.17) is 5.26 Å². The fourth-order valence-electron chi connectivity index (χ4n) is 2.96. The van der Waals surface area contributed by atoms with Gasteiger partial charge < -0.3 is 4.90 Å². The number of rotatable bonds is 4. The van der Waals surface area contributed by atoms with Crippen molar-refractivity contribution in [2.45, 2.75) is 0 Å². The summed E-state index contributed by atoms with van der Waals surface area (Å²) in [7, 11) is 0. The van der Waals surface area contributed by atoms with Crippen LogP contribution in [0.3, 0.4) is 0 Å². The highest BCUT2D eigenvalue weighted by Gasteiger charge is 2.10. The van der Waals surface area contributed by atoms with Crippen LogP contribution in [0.5, 0.6) is 0 Å². The highest BCUT2D eigenvalue weighted by Crippen LogP contribution is 2.33. The molecule has 0 heterocycles. The normalized spacial score (nSPS) is 9.48. The molecule has 29 heavy (non-hydrogen) atoms. The van der Waals surface area contributed by atoms with Crippen molar-refractivity contribution in [2.24, 2.45) is 0 Å². The Bertz CT molecular complexity index is 972. The molecule has 0 unspecified atom stereocenters. The first-order valence-corrected chi connectivity index (χ1v) is 9.40. The molecule has 0 spiro atoms. The Kier molecular flexibility index (Phi) is 6.98. The van der Waals surface area contributed by atoms with Crippen molar-refractivity contribution in [1.29, 1.82) is 5.26 Å². The number of hydrogen-bond donors (Lipinski definition) is 0. The lowest BCUT2D eigenvalue weighted by atomic mass is 10.1. The van der Waals surface area contributed by atoms with Gasteiger partial charge in [-0.15, -0.1) is 0 Å². The maximum Gasteiger partial charge on any atom is 0.0997 e. The molecule has 0 aliphatic rings. The van der Waals surface area contributed by atoms with Crippen molar-refractivity contribution in [2.75, 3.05) is 4.90 Å². The van der Waals surface area contributed by atoms with Gasteiger partial charge in [-0.05, 0) is 48.0 Å². The van der Waals surface area contributed by atoms with Gasteiger partial charge >= 0.3 is 0 Å². The Morgan fingerprint density at radius 3 is 1.31 bits per heavy atom. The van der Waals surface area contributed by atoms with E-state index in [2.05, 4.69) is 90.3 Å². The summed E-state index contributed by atoms with van der Waals surface area (Å²) in [6.07, 6.45) is 1.68. The SMILES string of the molecule is C=Cc1ccccc1C#N.c1ccc(N(c2ccccc2)c2ccccc2)cc1. The maximum absolute atomic E-state index is 8.55. The summed E-state index contributed by atoms with van der Waals surface area (Å²) in [6.45, 7) is 3.59. The second kappa shape index (κ2) is 10.3. The number of para-hydroxylation sites is 3. The van der Waals surface area contributed by atoms with E-state index in [-0.39, 0.29) is 0 Å². The monoisotopic (exact) mass is 374 g/mol. The van der Waals surface area contributed by atoms with E-state index in [1.807, 2.05) is 36.4 Å². The summed E-state index contributed by atoms with van der Waals surface area (Å²) in [6, 6.07) is 40.7. The van der Waals surface area contributed by atoms with Crippen LogP contribution >= 0.6 is 0 Å². The summed E-state index contributed by atoms with van der Waals surface area (Å²) in [5.74, 6) is 0. The minimum absolute atomic E-state index is 0.678. The third-order valence-corrected chi connectivity index (χ3v) is 4.34. The molecular weight excluding hydrogens is 352 g/mol. The Morgan fingerprint density at radius 1 is 0.586 bits per heavy atom. The second-order valence-electron chi connectivity index (χ2n) is 6.25. The Hall–Kier alpha value is -4.09. The molecule has 4 aromatic rings. The smallest absolute Gasteiger partial charge is 0.0997 e. The van der Waals surface area contributed by atoms with Crippen molar-refractivity contribution >= 4 is 23.1 Å². The zero-order valence-electron chi connectivity index (χ0n) is 16.1. The Morgan fingerprint density at radius 2 is 0.966 bits per heavy atom. The lowest BCUT2D eigenvalue weighted by molar-refractivity contribution is 1.28. The molecule has 2 nitrogen and oxygen atoms in total. The van der Waals surface area contributed by atoms with E-state index >= 15 is 0 Å². The first-order valence-electron chi connectivity index (χ1n) is 9.40. The van der Waals surface area contributed by atoms with Gasteiger partial charge in [-0.25, -0.2) is 0 Å². The van der Waals surface area contributed by atoms with Gasteiger partial charge in [0.25, 0.3) is 0 Å². The first-order chi connectivity index (χ1) is 14.3. The summed E-state index contributed by atoms with van der Waals surface area (Å²) in [4.78, 5) is 2.25. The Labute approximate surface area is 172 Å². The Balaban J connectivity index is 0.000000204. The fourth-order valence-corrected chi connectivity index (χ4v) is 2.96. The van der Waals surface area contributed by atoms with Crippen LogP contribution in [0.25, 0.3) is 6.08 Å². The molecule has 4 rings (SSSR count). The molecule has 140 valence electrons. The largest absolute Gasteiger partial charge is 0.311 e. The second-order valence-corrected chi connectivity index (χ2v) is 6.25. The standard InChI is InChI=1S/C18H15N.C9H7N/c1-4-10-16(11-5-1)19(17-12-6-2-7-13-17)18-14-8-3-9-15-18;1-2-8-5-3-4-6-9(8)7-10/h1-15H;2-6H,1H2. The molecule has 0 saturated carbocycles. The minimum Gasteiger partial charge on any atom is -0.311 e. The van der Waals surface area contributed by atoms with E-state index in [1.54, 1.807) is 12.1 Å². The van der Waals surface area contributed by atoms with Crippen molar-refractivity contribution < 1.29 is 0 Å². The lowest BCUT2D eigenvalue weighted by Crippen LogP contribution is -2.09. The predicted octanol–water partition coefficient (Wildman–Crippen LogP) is 7.36. The number of anilines is 3. The highest BCUT2D eigenvalue weighted by molar-refractivity contribution is 5.76. The molecule has 0 amide bonds. The molecule has 0 fully saturated rings. The molecule has 0 bridgehead atoms. The van der Waals surface area contributed by atoms with Crippen LogP contribution in [0.2, 0.25) is 0 Å². The molecule has 2 heteroatoms. The summed E-state index contributed by atoms with van der Waals surface area (Å²) in [5.41, 5.74) is 5.07. The van der Waals surface area contributed by atoms with E-state index < -0.39 is 0 Å². The maximum atomic E-state index is 8.55. The van der Waals surface area contributed by atoms with Crippen molar-refractivity contribution in [1.82, 2.24) is 0 Å². The van der Waals surface area contributed by atoms with Gasteiger partial charge in [0.05, 0.1) is 11.6 Å². The van der Waals surface area contributed by atoms with Crippen LogP contribution in [-0.2, 0) is 0 Å². The molecule has 0 aromatic heterocycles. The van der Waals surface area contributed by atoms with Crippen molar-refractivity contribution in [3.63, 3.8) is 0 Å². The van der Waals surface area contributed by atoms with Gasteiger partial charge in [0.1, 0.15) is 0 Å². The lowest BCUT2D eigenvalue weighted by Gasteiger charge is -2.25. The minimum atomic E-state index is 0.678. The highest BCUT2D eigenvalue weighted by atomic mass is 15.1. The predicted molar refractivity (Wildman–Crippen MR) is 122 cm³/mol. The molecule has 0 radical (unpaired) electrons. The molecule has 4 aromatic carbocycles. The van der Waals surface area contributed by atoms with Crippen molar-refractivity contribution in [3.8, 4) is 6.07 Å². The average molecular weight is 374 g/mol. The van der Waals surface area contributed by atoms with Gasteiger partial charge in [-0.2, -0.15) is 5.26 Å². The van der Waals surface area contributed by atoms with E-state index in [0.717, 1.165) is 5.56 Å². The quantitative estimate of drug-likeness (QED) is 0.373. The van der Waals surface area contributed by atoms with E-state index in [0.29, 0.717) is 5.56 Å². The van der Waals surface area contributed by atoms with E-state index in [1.165, 1.54) is 17.1 Å². The summed E-state index contributed by atoms with van der Waals surface area (Å²) >= 11 is 0. The molecular formula is C27H22N2. The zero-order valence-corrected chi connectivity index (χ0v) is 16.1. The van der Waals surface area contributed by atoms with Gasteiger partial charge in [-0.1, -0.05) is 85.5 Å². The van der Waals surface area contributed by atoms with Crippen LogP contribution in [0.15, 0.2) is 122 Å². The topological polar surface area (TPSA) is 27.0 Å². The van der Waals surface area contributed by atoms with Crippen LogP contribution in [0.1, 0.15) is 11.1 Å². The van der Waals surface area contributed by atoms with Crippen molar-refractivity contribution in [3.05, 3.63) is 133 Å². The molecule has 0 N–H and O–H groups in total. The molecule has 0 aliphatic carbocycles. The third-order valence-electron chi connectivity index (χ3n) is 4.34. The zero-order chi connectivity index (χ0) is 20.3. The van der Waals surface area contributed by atoms with Crippen LogP contribution in [-0.4, -0.2) is 0 Å². The fraction of sp³-hybridized carbons (Fsp3) is 0. The van der Waals surface area contributed by atoms with Crippen LogP contribution in [0.4, 0.5) is 17.1 Å². The van der Waals surface area contributed by atoms with Gasteiger partial charge in [0.15, 0.2) is 0 Å². The average Bonchev–Trinajstić information content (AvgIpc) is 2.82.